The predicted molar refractivity (Wildman–Crippen MR) is 95.1 cm³/mol. The van der Waals surface area contributed by atoms with Crippen LogP contribution in [0.4, 0.5) is 5.82 Å². The Kier molecular flexibility index (Phi) is 5.17. The molecule has 126 valence electrons. The summed E-state index contributed by atoms with van der Waals surface area (Å²) >= 11 is 1.47. The molecule has 0 fully saturated rings. The lowest BCUT2D eigenvalue weighted by molar-refractivity contribution is 0.287. The summed E-state index contributed by atoms with van der Waals surface area (Å²) in [4.78, 5) is 23.7. The summed E-state index contributed by atoms with van der Waals surface area (Å²) in [6.07, 6.45) is 1.61. The van der Waals surface area contributed by atoms with Gasteiger partial charge in [0.2, 0.25) is 0 Å². The van der Waals surface area contributed by atoms with Gasteiger partial charge in [0.05, 0.1) is 6.54 Å². The van der Waals surface area contributed by atoms with Crippen molar-refractivity contribution in [1.29, 1.82) is 0 Å². The summed E-state index contributed by atoms with van der Waals surface area (Å²) in [5.74, 6) is 1.06. The van der Waals surface area contributed by atoms with E-state index in [1.807, 2.05) is 30.3 Å². The Morgan fingerprint density at radius 2 is 2.00 bits per heavy atom. The molecule has 0 radical (unpaired) electrons. The van der Waals surface area contributed by atoms with E-state index in [0.29, 0.717) is 22.9 Å². The summed E-state index contributed by atoms with van der Waals surface area (Å²) in [5.41, 5.74) is 7.71. The van der Waals surface area contributed by atoms with Crippen LogP contribution in [-0.4, -0.2) is 37.0 Å². The third-order valence-corrected chi connectivity index (χ3v) is 4.53. The molecule has 0 spiro atoms. The number of hydrogen-bond acceptors (Lipinski definition) is 6. The van der Waals surface area contributed by atoms with Crippen LogP contribution in [0.25, 0.3) is 11.2 Å². The quantitative estimate of drug-likeness (QED) is 0.341. The minimum Gasteiger partial charge on any atom is -0.396 e. The molecule has 24 heavy (non-hydrogen) atoms. The van der Waals surface area contributed by atoms with E-state index in [4.69, 9.17) is 10.8 Å². The van der Waals surface area contributed by atoms with E-state index in [9.17, 15) is 4.79 Å². The number of thioether (sulfide) groups is 1. The second kappa shape index (κ2) is 7.50. The summed E-state index contributed by atoms with van der Waals surface area (Å²) in [5, 5.41) is 9.37. The molecule has 8 heteroatoms. The standard InChI is InChI=1S/C16H19N5O2S/c17-13-12-14(20-15(19-13)24-9-5-4-8-22)21(16(23)18-12)10-11-6-2-1-3-7-11/h1-3,6-7,22H,4-5,8-10H2,(H,18,23)(H2,17,19,20). The largest absolute Gasteiger partial charge is 0.396 e. The Labute approximate surface area is 142 Å². The molecule has 2 heterocycles. The van der Waals surface area contributed by atoms with Gasteiger partial charge < -0.3 is 15.8 Å². The van der Waals surface area contributed by atoms with E-state index >= 15 is 0 Å². The number of H-pyrrole nitrogens is 1. The van der Waals surface area contributed by atoms with Crippen LogP contribution in [0.3, 0.4) is 0 Å². The number of aromatic amines is 1. The molecule has 0 aliphatic rings. The highest BCUT2D eigenvalue weighted by Crippen LogP contribution is 2.21. The first kappa shape index (κ1) is 16.5. The van der Waals surface area contributed by atoms with E-state index in [0.717, 1.165) is 24.2 Å². The molecular formula is C16H19N5O2S. The molecule has 3 aromatic rings. The molecule has 0 saturated heterocycles. The van der Waals surface area contributed by atoms with Gasteiger partial charge >= 0.3 is 5.69 Å². The highest BCUT2D eigenvalue weighted by molar-refractivity contribution is 7.99. The number of benzene rings is 1. The molecular weight excluding hydrogens is 326 g/mol. The smallest absolute Gasteiger partial charge is 0.328 e. The molecule has 0 bridgehead atoms. The van der Waals surface area contributed by atoms with Crippen LogP contribution in [0.5, 0.6) is 0 Å². The van der Waals surface area contributed by atoms with Gasteiger partial charge in [-0.3, -0.25) is 4.57 Å². The Morgan fingerprint density at radius 3 is 2.75 bits per heavy atom. The van der Waals surface area contributed by atoms with Crippen LogP contribution >= 0.6 is 11.8 Å². The number of nitrogens with two attached hydrogens (primary N) is 1. The number of imidazole rings is 1. The number of anilines is 1. The number of aliphatic hydroxyl groups excluding tert-OH is 1. The van der Waals surface area contributed by atoms with E-state index < -0.39 is 0 Å². The Balaban J connectivity index is 1.92. The number of rotatable bonds is 7. The number of aromatic nitrogens is 4. The lowest BCUT2D eigenvalue weighted by Gasteiger charge is -2.05. The zero-order valence-electron chi connectivity index (χ0n) is 13.1. The highest BCUT2D eigenvalue weighted by atomic mass is 32.2. The number of nitrogens with zero attached hydrogens (tertiary/aromatic N) is 3. The minimum atomic E-state index is -0.253. The van der Waals surface area contributed by atoms with Crippen LogP contribution in [-0.2, 0) is 6.54 Å². The van der Waals surface area contributed by atoms with Crippen molar-refractivity contribution in [2.24, 2.45) is 0 Å². The second-order valence-electron chi connectivity index (χ2n) is 5.37. The van der Waals surface area contributed by atoms with Crippen LogP contribution in [0.2, 0.25) is 0 Å². The number of fused-ring (bicyclic) bond motifs is 1. The molecule has 0 atom stereocenters. The summed E-state index contributed by atoms with van der Waals surface area (Å²) in [7, 11) is 0. The molecule has 0 amide bonds. The van der Waals surface area contributed by atoms with Crippen molar-refractivity contribution in [3.63, 3.8) is 0 Å². The normalized spacial score (nSPS) is 11.2. The van der Waals surface area contributed by atoms with Crippen LogP contribution in [0.1, 0.15) is 18.4 Å². The summed E-state index contributed by atoms with van der Waals surface area (Å²) < 4.78 is 1.57. The molecule has 0 unspecified atom stereocenters. The van der Waals surface area contributed by atoms with E-state index in [2.05, 4.69) is 15.0 Å². The van der Waals surface area contributed by atoms with E-state index in [-0.39, 0.29) is 18.1 Å². The van der Waals surface area contributed by atoms with Gasteiger partial charge in [-0.2, -0.15) is 0 Å². The van der Waals surface area contributed by atoms with Gasteiger partial charge in [0, 0.05) is 12.4 Å². The maximum atomic E-state index is 12.3. The first-order chi connectivity index (χ1) is 11.7. The molecule has 4 N–H and O–H groups in total. The van der Waals surface area contributed by atoms with Crippen molar-refractivity contribution in [2.45, 2.75) is 24.5 Å². The van der Waals surface area contributed by atoms with Gasteiger partial charge in [-0.15, -0.1) is 0 Å². The lowest BCUT2D eigenvalue weighted by Crippen LogP contribution is -2.17. The number of hydrogen-bond donors (Lipinski definition) is 3. The van der Waals surface area contributed by atoms with Crippen molar-refractivity contribution >= 4 is 28.7 Å². The average molecular weight is 345 g/mol. The zero-order chi connectivity index (χ0) is 16.9. The molecule has 2 aromatic heterocycles. The Hall–Kier alpha value is -2.32. The fourth-order valence-corrected chi connectivity index (χ4v) is 3.23. The molecule has 0 saturated carbocycles. The van der Waals surface area contributed by atoms with Crippen molar-refractivity contribution in [1.82, 2.24) is 19.5 Å². The topological polar surface area (TPSA) is 110 Å². The second-order valence-corrected chi connectivity index (χ2v) is 6.43. The molecule has 0 aliphatic carbocycles. The first-order valence-corrected chi connectivity index (χ1v) is 8.71. The zero-order valence-corrected chi connectivity index (χ0v) is 13.9. The van der Waals surface area contributed by atoms with Gasteiger partial charge in [0.25, 0.3) is 0 Å². The maximum absolute atomic E-state index is 12.3. The van der Waals surface area contributed by atoms with Gasteiger partial charge in [-0.1, -0.05) is 42.1 Å². The monoisotopic (exact) mass is 345 g/mol. The number of nitrogens with one attached hydrogen (secondary N) is 1. The predicted octanol–water partition coefficient (Wildman–Crippen LogP) is 1.61. The third-order valence-electron chi connectivity index (χ3n) is 3.60. The molecule has 0 aliphatic heterocycles. The minimum absolute atomic E-state index is 0.178. The van der Waals surface area contributed by atoms with Crippen molar-refractivity contribution < 1.29 is 5.11 Å². The molecule has 1 aromatic carbocycles. The van der Waals surface area contributed by atoms with Gasteiger partial charge in [-0.05, 0) is 18.4 Å². The average Bonchev–Trinajstić information content (AvgIpc) is 2.90. The summed E-state index contributed by atoms with van der Waals surface area (Å²) in [6, 6.07) is 9.71. The maximum Gasteiger partial charge on any atom is 0.328 e. The van der Waals surface area contributed by atoms with Crippen LogP contribution < -0.4 is 11.4 Å². The Morgan fingerprint density at radius 1 is 1.21 bits per heavy atom. The third kappa shape index (κ3) is 3.60. The van der Waals surface area contributed by atoms with Gasteiger partial charge in [0.15, 0.2) is 16.6 Å². The van der Waals surface area contributed by atoms with Crippen molar-refractivity contribution in [3.8, 4) is 0 Å². The van der Waals surface area contributed by atoms with Crippen molar-refractivity contribution in [3.05, 3.63) is 46.4 Å². The number of unbranched alkanes of at least 4 members (excludes halogenated alkanes) is 1. The first-order valence-electron chi connectivity index (χ1n) is 7.72. The van der Waals surface area contributed by atoms with E-state index in [1.54, 1.807) is 4.57 Å². The van der Waals surface area contributed by atoms with Crippen LogP contribution in [0.15, 0.2) is 40.3 Å². The lowest BCUT2D eigenvalue weighted by atomic mass is 10.2. The van der Waals surface area contributed by atoms with Gasteiger partial charge in [-0.25, -0.2) is 14.8 Å². The number of aliphatic hydroxyl groups is 1. The molecule has 3 rings (SSSR count). The number of nitrogen functional groups attached to an aromatic ring is 1. The van der Waals surface area contributed by atoms with E-state index in [1.165, 1.54) is 11.8 Å². The highest BCUT2D eigenvalue weighted by Gasteiger charge is 2.14. The van der Waals surface area contributed by atoms with Gasteiger partial charge in [0.1, 0.15) is 5.52 Å². The summed E-state index contributed by atoms with van der Waals surface area (Å²) in [6.45, 7) is 0.599. The van der Waals surface area contributed by atoms with Crippen LogP contribution in [0, 0.1) is 0 Å². The molecule has 7 nitrogen and oxygen atoms in total. The SMILES string of the molecule is Nc1nc(SCCCCO)nc2c1[nH]c(=O)n2Cc1ccccc1. The van der Waals surface area contributed by atoms with Crippen molar-refractivity contribution in [2.75, 3.05) is 18.1 Å². The fraction of sp³-hybridized carbons (Fsp3) is 0.312. The Bertz CT molecular complexity index is 875. The fourth-order valence-electron chi connectivity index (χ4n) is 2.39.